The number of rotatable bonds is 12. The minimum Gasteiger partial charge on any atom is -0.450 e. The summed E-state index contributed by atoms with van der Waals surface area (Å²) in [5, 5.41) is 16.3. The van der Waals surface area contributed by atoms with Crippen LogP contribution in [0.4, 0.5) is 14.7 Å². The number of oxime groups is 1. The highest BCUT2D eigenvalue weighted by molar-refractivity contribution is 7.14. The fourth-order valence-electron chi connectivity index (χ4n) is 5.31. The van der Waals surface area contributed by atoms with E-state index in [0.29, 0.717) is 13.1 Å². The normalized spacial score (nSPS) is 19.5. The van der Waals surface area contributed by atoms with Gasteiger partial charge in [-0.15, -0.1) is 11.3 Å². The molecule has 1 saturated carbocycles. The van der Waals surface area contributed by atoms with Crippen molar-refractivity contribution < 1.29 is 38.3 Å². The predicted molar refractivity (Wildman–Crippen MR) is 181 cm³/mol. The van der Waals surface area contributed by atoms with Crippen molar-refractivity contribution in [3.63, 3.8) is 0 Å². The van der Waals surface area contributed by atoms with E-state index in [0.717, 1.165) is 22.5 Å². The lowest BCUT2D eigenvalue weighted by atomic mass is 9.98. The first-order chi connectivity index (χ1) is 23.9. The molecule has 262 valence electrons. The van der Waals surface area contributed by atoms with Crippen LogP contribution in [0.5, 0.6) is 0 Å². The van der Waals surface area contributed by atoms with Gasteiger partial charge in [0.25, 0.3) is 5.91 Å². The summed E-state index contributed by atoms with van der Waals surface area (Å²) >= 11 is 1.01. The van der Waals surface area contributed by atoms with Crippen LogP contribution >= 0.6 is 11.3 Å². The van der Waals surface area contributed by atoms with Gasteiger partial charge in [-0.1, -0.05) is 65.8 Å². The van der Waals surface area contributed by atoms with Gasteiger partial charge in [-0.3, -0.25) is 14.9 Å². The molecule has 2 aliphatic heterocycles. The van der Waals surface area contributed by atoms with Crippen molar-refractivity contribution >= 4 is 52.1 Å². The molecule has 2 atom stereocenters. The van der Waals surface area contributed by atoms with Crippen LogP contribution in [0.1, 0.15) is 56.5 Å². The maximum absolute atomic E-state index is 13.8. The first kappa shape index (κ1) is 34.4. The number of anilines is 1. The summed E-state index contributed by atoms with van der Waals surface area (Å²) in [5.74, 6) is -1.92. The van der Waals surface area contributed by atoms with Crippen LogP contribution in [0.2, 0.25) is 0 Å². The number of carbonyl (C=O) groups is 5. The maximum Gasteiger partial charge on any atom is 0.413 e. The quantitative estimate of drug-likeness (QED) is 0.0951. The highest BCUT2D eigenvalue weighted by Crippen LogP contribution is 2.43. The number of nitrogens with one attached hydrogen (secondary N) is 4. The molecule has 0 spiro atoms. The van der Waals surface area contributed by atoms with Crippen LogP contribution in [-0.4, -0.2) is 88.4 Å². The molecule has 0 radical (unpaired) electrons. The highest BCUT2D eigenvalue weighted by Gasteiger charge is 2.56. The first-order valence-electron chi connectivity index (χ1n) is 16.1. The number of hydrogen-bond donors (Lipinski definition) is 4. The van der Waals surface area contributed by atoms with Gasteiger partial charge in [0, 0.05) is 37.9 Å². The van der Waals surface area contributed by atoms with Crippen LogP contribution in [-0.2, 0) is 28.7 Å². The van der Waals surface area contributed by atoms with E-state index < -0.39 is 53.3 Å². The average molecular weight is 704 g/mol. The zero-order valence-corrected chi connectivity index (χ0v) is 28.5. The third-order valence-electron chi connectivity index (χ3n) is 8.05. The molecule has 50 heavy (non-hydrogen) atoms. The van der Waals surface area contributed by atoms with Gasteiger partial charge in [0.15, 0.2) is 16.9 Å². The van der Waals surface area contributed by atoms with Gasteiger partial charge in [-0.05, 0) is 31.9 Å². The van der Waals surface area contributed by atoms with E-state index >= 15 is 0 Å². The number of ether oxygens (including phenoxy) is 2. The maximum atomic E-state index is 13.8. The summed E-state index contributed by atoms with van der Waals surface area (Å²) in [6.45, 7) is 6.28. The molecule has 2 saturated heterocycles. The van der Waals surface area contributed by atoms with E-state index in [1.807, 2.05) is 60.7 Å². The molecule has 1 aromatic heterocycles. The first-order valence-corrected chi connectivity index (χ1v) is 17.0. The van der Waals surface area contributed by atoms with Crippen molar-refractivity contribution in [1.82, 2.24) is 25.8 Å². The van der Waals surface area contributed by atoms with Crippen LogP contribution < -0.4 is 21.3 Å². The number of amides is 5. The Morgan fingerprint density at radius 2 is 1.72 bits per heavy atom. The molecular weight excluding hydrogens is 666 g/mol. The Morgan fingerprint density at radius 3 is 2.28 bits per heavy atom. The van der Waals surface area contributed by atoms with Gasteiger partial charge in [0.05, 0.1) is 6.04 Å². The summed E-state index contributed by atoms with van der Waals surface area (Å²) in [6.07, 6.45) is -0.893. The number of carbonyl (C=O) groups excluding carboxylic acids is 5. The van der Waals surface area contributed by atoms with Crippen molar-refractivity contribution in [2.75, 3.05) is 25.0 Å². The van der Waals surface area contributed by atoms with E-state index in [9.17, 15) is 24.0 Å². The summed E-state index contributed by atoms with van der Waals surface area (Å²) in [5.41, 5.74) is -1.01. The Balaban J connectivity index is 1.22. The molecule has 0 bridgehead atoms. The van der Waals surface area contributed by atoms with Crippen LogP contribution in [0, 0.1) is 0 Å². The fraction of sp³-hybridized carbons (Fsp3) is 0.382. The lowest BCUT2D eigenvalue weighted by molar-refractivity contribution is -0.164. The Hall–Kier alpha value is -5.51. The second-order valence-electron chi connectivity index (χ2n) is 13.0. The zero-order valence-electron chi connectivity index (χ0n) is 27.6. The van der Waals surface area contributed by atoms with Crippen LogP contribution in [0.3, 0.4) is 0 Å². The smallest absolute Gasteiger partial charge is 0.413 e. The summed E-state index contributed by atoms with van der Waals surface area (Å²) in [6, 6.07) is 16.8. The molecule has 5 amide bonds. The molecule has 3 aliphatic rings. The third kappa shape index (κ3) is 8.02. The van der Waals surface area contributed by atoms with E-state index in [1.54, 1.807) is 20.8 Å². The van der Waals surface area contributed by atoms with Crippen molar-refractivity contribution in [2.45, 2.75) is 63.0 Å². The number of hydrogen-bond acceptors (Lipinski definition) is 11. The van der Waals surface area contributed by atoms with E-state index in [-0.39, 0.29) is 42.0 Å². The fourth-order valence-corrected chi connectivity index (χ4v) is 5.99. The number of aromatic nitrogens is 1. The Labute approximate surface area is 291 Å². The molecule has 6 rings (SSSR count). The van der Waals surface area contributed by atoms with Gasteiger partial charge in [-0.25, -0.2) is 19.4 Å². The van der Waals surface area contributed by atoms with Gasteiger partial charge < -0.3 is 35.2 Å². The van der Waals surface area contributed by atoms with E-state index in [1.165, 1.54) is 10.3 Å². The Bertz CT molecular complexity index is 1750. The van der Waals surface area contributed by atoms with Crippen molar-refractivity contribution in [2.24, 2.45) is 5.16 Å². The number of thiazole rings is 1. The standard InChI is InChI=1S/C34H37N7O8S/c1-33(2,3)48-32(46)39-30-37-23(19-50-30)25(28(43)38-24-22(36-27(24)42)18-41-17-16-35-31(41)45)40-49-34(14-15-34)29(44)47-26(20-10-6-4-7-11-20)21-12-8-5-9-13-21/h4-13,19,22,24,26H,14-18H2,1-3H3,(H,35,45)(H,36,42)(H,38,43)(H,37,39,46)/b40-25+/t22-,24+/m1/s1. The van der Waals surface area contributed by atoms with Gasteiger partial charge in [0.2, 0.25) is 11.5 Å². The van der Waals surface area contributed by atoms with Crippen molar-refractivity contribution in [1.29, 1.82) is 0 Å². The minimum absolute atomic E-state index is 0.0179. The van der Waals surface area contributed by atoms with E-state index in [2.05, 4.69) is 31.4 Å². The molecular formula is C34H37N7O8S. The molecule has 0 unspecified atom stereocenters. The Kier molecular flexibility index (Phi) is 9.72. The molecule has 2 aromatic carbocycles. The second-order valence-corrected chi connectivity index (χ2v) is 13.9. The average Bonchev–Trinajstić information content (AvgIpc) is 3.56. The molecule has 16 heteroatoms. The lowest BCUT2D eigenvalue weighted by Crippen LogP contribution is -2.72. The monoisotopic (exact) mass is 703 g/mol. The molecule has 15 nitrogen and oxygen atoms in total. The topological polar surface area (TPSA) is 190 Å². The number of β-lactam (4-membered cyclic amide) rings is 1. The number of esters is 1. The summed E-state index contributed by atoms with van der Waals surface area (Å²) < 4.78 is 11.3. The van der Waals surface area contributed by atoms with Crippen LogP contribution in [0.25, 0.3) is 0 Å². The minimum atomic E-state index is -1.46. The second kappa shape index (κ2) is 14.2. The largest absolute Gasteiger partial charge is 0.450 e. The molecule has 3 aromatic rings. The number of nitrogens with zero attached hydrogens (tertiary/aromatic N) is 3. The number of urea groups is 1. The molecule has 3 fully saturated rings. The van der Waals surface area contributed by atoms with Crippen molar-refractivity contribution in [3.05, 3.63) is 82.9 Å². The molecule has 3 heterocycles. The van der Waals surface area contributed by atoms with Gasteiger partial charge in [-0.2, -0.15) is 0 Å². The highest BCUT2D eigenvalue weighted by atomic mass is 32.1. The zero-order chi connectivity index (χ0) is 35.5. The molecule has 1 aliphatic carbocycles. The summed E-state index contributed by atoms with van der Waals surface area (Å²) in [4.78, 5) is 76.1. The molecule has 4 N–H and O–H groups in total. The van der Waals surface area contributed by atoms with Crippen LogP contribution in [0.15, 0.2) is 71.2 Å². The predicted octanol–water partition coefficient (Wildman–Crippen LogP) is 3.08. The van der Waals surface area contributed by atoms with Gasteiger partial charge in [0.1, 0.15) is 17.3 Å². The Morgan fingerprint density at radius 1 is 1.06 bits per heavy atom. The van der Waals surface area contributed by atoms with E-state index in [4.69, 9.17) is 14.3 Å². The lowest BCUT2D eigenvalue weighted by Gasteiger charge is -2.38. The summed E-state index contributed by atoms with van der Waals surface area (Å²) in [7, 11) is 0. The third-order valence-corrected chi connectivity index (χ3v) is 8.81. The number of benzene rings is 2. The SMILES string of the molecule is CC(C)(C)OC(=O)Nc1nc(/C(=N\OC2(C(=O)OC(c3ccccc3)c3ccccc3)CC2)C(=O)N[C@@H]2C(=O)N[C@@H]2CN2CCNC2=O)cs1. The van der Waals surface area contributed by atoms with Gasteiger partial charge >= 0.3 is 18.1 Å². The van der Waals surface area contributed by atoms with Crippen molar-refractivity contribution in [3.8, 4) is 0 Å².